The third-order valence-electron chi connectivity index (χ3n) is 3.61. The molecule has 2 nitrogen and oxygen atoms in total. The van der Waals surface area contributed by atoms with Crippen molar-refractivity contribution in [1.82, 2.24) is 0 Å². The van der Waals surface area contributed by atoms with Crippen LogP contribution in [0.1, 0.15) is 25.8 Å². The van der Waals surface area contributed by atoms with Crippen molar-refractivity contribution in [2.24, 2.45) is 11.3 Å². The molecule has 1 aromatic rings. The van der Waals surface area contributed by atoms with Crippen molar-refractivity contribution in [3.8, 4) is 0 Å². The van der Waals surface area contributed by atoms with E-state index in [9.17, 15) is 0 Å². The van der Waals surface area contributed by atoms with Gasteiger partial charge in [0.1, 0.15) is 0 Å². The minimum atomic E-state index is 0.530. The second-order valence-electron chi connectivity index (χ2n) is 5.46. The molecular weight excluding hydrogens is 264 g/mol. The molecule has 88 valence electrons. The topological polar surface area (TPSA) is 38.0 Å². The van der Waals surface area contributed by atoms with Crippen LogP contribution in [0, 0.1) is 18.3 Å². The van der Waals surface area contributed by atoms with E-state index in [0.717, 1.165) is 33.9 Å². The van der Waals surface area contributed by atoms with Crippen molar-refractivity contribution in [2.45, 2.75) is 27.2 Å². The predicted octanol–water partition coefficient (Wildman–Crippen LogP) is 3.80. The highest BCUT2D eigenvalue weighted by Gasteiger charge is 2.44. The molecule has 1 aliphatic carbocycles. The summed E-state index contributed by atoms with van der Waals surface area (Å²) in [6, 6.07) is 4.07. The monoisotopic (exact) mass is 282 g/mol. The highest BCUT2D eigenvalue weighted by atomic mass is 79.9. The first-order chi connectivity index (χ1) is 7.40. The summed E-state index contributed by atoms with van der Waals surface area (Å²) < 4.78 is 1.05. The van der Waals surface area contributed by atoms with E-state index in [2.05, 4.69) is 41.2 Å². The third kappa shape index (κ3) is 2.34. The maximum atomic E-state index is 5.84. The van der Waals surface area contributed by atoms with E-state index >= 15 is 0 Å². The first kappa shape index (κ1) is 11.8. The van der Waals surface area contributed by atoms with Crippen LogP contribution in [0.15, 0.2) is 16.6 Å². The van der Waals surface area contributed by atoms with Crippen molar-refractivity contribution in [2.75, 3.05) is 17.6 Å². The molecule has 1 aliphatic rings. The number of rotatable bonds is 3. The summed E-state index contributed by atoms with van der Waals surface area (Å²) in [6.07, 6.45) is 1.32. The lowest BCUT2D eigenvalue weighted by molar-refractivity contribution is 0.573. The highest BCUT2D eigenvalue weighted by Crippen LogP contribution is 2.51. The maximum Gasteiger partial charge on any atom is 0.0488 e. The van der Waals surface area contributed by atoms with Gasteiger partial charge in [0, 0.05) is 22.4 Å². The van der Waals surface area contributed by atoms with Gasteiger partial charge >= 0.3 is 0 Å². The van der Waals surface area contributed by atoms with Crippen LogP contribution >= 0.6 is 15.9 Å². The molecule has 1 saturated carbocycles. The molecule has 16 heavy (non-hydrogen) atoms. The number of hydrogen-bond donors (Lipinski definition) is 2. The summed E-state index contributed by atoms with van der Waals surface area (Å²) >= 11 is 3.54. The zero-order valence-electron chi connectivity index (χ0n) is 10.1. The normalized spacial score (nSPS) is 21.9. The predicted molar refractivity (Wildman–Crippen MR) is 73.7 cm³/mol. The lowest BCUT2D eigenvalue weighted by Gasteiger charge is -2.12. The number of halogens is 1. The molecule has 0 bridgehead atoms. The Bertz CT molecular complexity index is 413. The number of nitrogens with two attached hydrogens (primary N) is 1. The first-order valence-corrected chi connectivity index (χ1v) is 6.49. The summed E-state index contributed by atoms with van der Waals surface area (Å²) in [7, 11) is 0. The van der Waals surface area contributed by atoms with Crippen LogP contribution in [0.3, 0.4) is 0 Å². The van der Waals surface area contributed by atoms with E-state index in [4.69, 9.17) is 5.73 Å². The summed E-state index contributed by atoms with van der Waals surface area (Å²) in [5.41, 5.74) is 9.48. The lowest BCUT2D eigenvalue weighted by Crippen LogP contribution is -2.08. The Morgan fingerprint density at radius 3 is 2.69 bits per heavy atom. The van der Waals surface area contributed by atoms with Crippen molar-refractivity contribution in [3.05, 3.63) is 22.2 Å². The van der Waals surface area contributed by atoms with Crippen molar-refractivity contribution < 1.29 is 0 Å². The molecule has 1 fully saturated rings. The van der Waals surface area contributed by atoms with Gasteiger partial charge in [0.05, 0.1) is 0 Å². The Morgan fingerprint density at radius 2 is 2.12 bits per heavy atom. The number of anilines is 2. The van der Waals surface area contributed by atoms with Gasteiger partial charge in [-0.05, 0) is 58.3 Å². The summed E-state index contributed by atoms with van der Waals surface area (Å²) in [4.78, 5) is 0. The molecule has 0 amide bonds. The minimum absolute atomic E-state index is 0.530. The molecule has 0 heterocycles. The second-order valence-corrected chi connectivity index (χ2v) is 6.31. The largest absolute Gasteiger partial charge is 0.398 e. The van der Waals surface area contributed by atoms with Crippen molar-refractivity contribution >= 4 is 27.3 Å². The Labute approximate surface area is 106 Å². The molecule has 1 unspecified atom stereocenters. The first-order valence-electron chi connectivity index (χ1n) is 5.69. The van der Waals surface area contributed by atoms with E-state index < -0.39 is 0 Å². The third-order valence-corrected chi connectivity index (χ3v) is 4.27. The van der Waals surface area contributed by atoms with E-state index in [1.165, 1.54) is 6.42 Å². The Kier molecular flexibility index (Phi) is 2.91. The fourth-order valence-corrected chi connectivity index (χ4v) is 2.49. The summed E-state index contributed by atoms with van der Waals surface area (Å²) in [5.74, 6) is 0.803. The van der Waals surface area contributed by atoms with Crippen LogP contribution in [0.4, 0.5) is 11.4 Å². The number of nitrogens with one attached hydrogen (secondary N) is 1. The van der Waals surface area contributed by atoms with Gasteiger partial charge in [-0.15, -0.1) is 0 Å². The van der Waals surface area contributed by atoms with Crippen LogP contribution in [-0.2, 0) is 0 Å². The zero-order chi connectivity index (χ0) is 11.9. The van der Waals surface area contributed by atoms with Gasteiger partial charge in [0.15, 0.2) is 0 Å². The molecule has 1 aromatic carbocycles. The molecule has 0 radical (unpaired) electrons. The Morgan fingerprint density at radius 1 is 1.50 bits per heavy atom. The number of nitrogen functional groups attached to an aromatic ring is 1. The molecule has 0 saturated heterocycles. The Hall–Kier alpha value is -0.700. The van der Waals surface area contributed by atoms with E-state index in [1.807, 2.05) is 13.0 Å². The number of hydrogen-bond acceptors (Lipinski definition) is 2. The zero-order valence-corrected chi connectivity index (χ0v) is 11.7. The van der Waals surface area contributed by atoms with Crippen molar-refractivity contribution in [3.63, 3.8) is 0 Å². The molecule has 3 heteroatoms. The standard InChI is InChI=1S/C13H19BrN2/c1-8-4-12(10(14)5-11(8)15)16-7-9-6-13(9,2)3/h4-5,9,16H,6-7,15H2,1-3H3. The van der Waals surface area contributed by atoms with Crippen LogP contribution in [-0.4, -0.2) is 6.54 Å². The fourth-order valence-electron chi connectivity index (χ4n) is 1.99. The molecule has 0 spiro atoms. The van der Waals surface area contributed by atoms with Gasteiger partial charge in [0.2, 0.25) is 0 Å². The van der Waals surface area contributed by atoms with E-state index in [0.29, 0.717) is 5.41 Å². The smallest absolute Gasteiger partial charge is 0.0488 e. The number of benzene rings is 1. The van der Waals surface area contributed by atoms with Crippen LogP contribution < -0.4 is 11.1 Å². The average Bonchev–Trinajstić information content (AvgIpc) is 2.78. The summed E-state index contributed by atoms with van der Waals surface area (Å²) in [6.45, 7) is 7.73. The molecule has 0 aromatic heterocycles. The maximum absolute atomic E-state index is 5.84. The SMILES string of the molecule is Cc1cc(NCC2CC2(C)C)c(Br)cc1N. The van der Waals surface area contributed by atoms with Gasteiger partial charge < -0.3 is 11.1 Å². The van der Waals surface area contributed by atoms with Gasteiger partial charge in [-0.2, -0.15) is 0 Å². The van der Waals surface area contributed by atoms with Gasteiger partial charge in [-0.1, -0.05) is 13.8 Å². The van der Waals surface area contributed by atoms with Crippen LogP contribution in [0.2, 0.25) is 0 Å². The van der Waals surface area contributed by atoms with Gasteiger partial charge in [-0.25, -0.2) is 0 Å². The van der Waals surface area contributed by atoms with Gasteiger partial charge in [-0.3, -0.25) is 0 Å². The number of aryl methyl sites for hydroxylation is 1. The van der Waals surface area contributed by atoms with Crippen molar-refractivity contribution in [1.29, 1.82) is 0 Å². The van der Waals surface area contributed by atoms with Crippen LogP contribution in [0.25, 0.3) is 0 Å². The minimum Gasteiger partial charge on any atom is -0.398 e. The average molecular weight is 283 g/mol. The highest BCUT2D eigenvalue weighted by molar-refractivity contribution is 9.10. The van der Waals surface area contributed by atoms with E-state index in [1.54, 1.807) is 0 Å². The van der Waals surface area contributed by atoms with Gasteiger partial charge in [0.25, 0.3) is 0 Å². The second kappa shape index (κ2) is 3.95. The molecular formula is C13H19BrN2. The molecule has 1 atom stereocenters. The van der Waals surface area contributed by atoms with Crippen LogP contribution in [0.5, 0.6) is 0 Å². The Balaban J connectivity index is 2.02. The quantitative estimate of drug-likeness (QED) is 0.828. The molecule has 0 aliphatic heterocycles. The lowest BCUT2D eigenvalue weighted by atomic mass is 10.1. The molecule has 2 rings (SSSR count). The summed E-state index contributed by atoms with van der Waals surface area (Å²) in [5, 5.41) is 3.50. The molecule has 3 N–H and O–H groups in total. The fraction of sp³-hybridized carbons (Fsp3) is 0.538. The van der Waals surface area contributed by atoms with E-state index in [-0.39, 0.29) is 0 Å².